The topological polar surface area (TPSA) is 33.6 Å². The maximum Gasteiger partial charge on any atom is 0.295 e. The Kier molecular flexibility index (Phi) is 20.2. The lowest BCUT2D eigenvalue weighted by Gasteiger charge is -1.96. The summed E-state index contributed by atoms with van der Waals surface area (Å²) in [5.41, 5.74) is 1.32. The lowest BCUT2D eigenvalue weighted by Crippen LogP contribution is -2.13. The highest BCUT2D eigenvalue weighted by atomic mass is 127. The molecule has 0 aliphatic carbocycles. The maximum atomic E-state index is 5.01. The van der Waals surface area contributed by atoms with E-state index in [-0.39, 0.29) is 0 Å². The van der Waals surface area contributed by atoms with Crippen LogP contribution in [0.5, 0.6) is 0 Å². The van der Waals surface area contributed by atoms with Crippen LogP contribution < -0.4 is 4.72 Å². The second kappa shape index (κ2) is 18.6. The van der Waals surface area contributed by atoms with E-state index in [1.165, 1.54) is 21.1 Å². The van der Waals surface area contributed by atoms with E-state index >= 15 is 0 Å². The fourth-order valence-corrected chi connectivity index (χ4v) is 1.72. The normalized spacial score (nSPS) is 11.5. The van der Waals surface area contributed by atoms with E-state index in [1.807, 2.05) is 32.0 Å². The lowest BCUT2D eigenvalue weighted by molar-refractivity contribution is 0.339. The molecular weight excluding hydrogens is 407 g/mol. The van der Waals surface area contributed by atoms with E-state index < -0.39 is 0 Å². The van der Waals surface area contributed by atoms with E-state index in [4.69, 9.17) is 4.74 Å². The molecule has 0 fully saturated rings. The second-order valence-electron chi connectivity index (χ2n) is 4.67. The van der Waals surface area contributed by atoms with Crippen molar-refractivity contribution < 1.29 is 4.74 Å². The molecule has 1 aromatic carbocycles. The third-order valence-electron chi connectivity index (χ3n) is 2.47. The van der Waals surface area contributed by atoms with Gasteiger partial charge in [-0.25, -0.2) is 4.99 Å². The third-order valence-corrected chi connectivity index (χ3v) is 3.38. The van der Waals surface area contributed by atoms with Crippen LogP contribution in [-0.2, 0) is 4.74 Å². The molecule has 0 bridgehead atoms. The molecule has 1 aromatic rings. The molecule has 0 saturated heterocycles. The molecule has 0 amide bonds. The number of hydrogen-bond acceptors (Lipinski definition) is 4. The number of hydrogen-bond donors (Lipinski definition) is 1. The van der Waals surface area contributed by atoms with Crippen LogP contribution in [0.4, 0.5) is 0 Å². The van der Waals surface area contributed by atoms with E-state index in [9.17, 15) is 0 Å². The summed E-state index contributed by atoms with van der Waals surface area (Å²) in [4.78, 5) is 3.98. The molecule has 22 heavy (non-hydrogen) atoms. The molecule has 128 valence electrons. The fraction of sp³-hybridized carbons (Fsp3) is 0.588. The molecule has 0 radical (unpaired) electrons. The Morgan fingerprint density at radius 3 is 2.09 bits per heavy atom. The number of aliphatic imine (C=N–C) groups is 1. The van der Waals surface area contributed by atoms with Gasteiger partial charge in [0, 0.05) is 30.3 Å². The molecule has 0 saturated carbocycles. The highest BCUT2D eigenvalue weighted by Crippen LogP contribution is 2.05. The van der Waals surface area contributed by atoms with Crippen LogP contribution in [0.25, 0.3) is 0 Å². The number of benzene rings is 1. The number of nitrogens with zero attached hydrogens (tertiary/aromatic N) is 1. The van der Waals surface area contributed by atoms with E-state index in [1.54, 1.807) is 0 Å². The molecular formula is C17H31IN2OS. The molecule has 1 aliphatic heterocycles. The number of nitrogens with one attached hydrogen (secondary N) is 1. The Morgan fingerprint density at radius 2 is 1.82 bits per heavy atom. The van der Waals surface area contributed by atoms with Gasteiger partial charge >= 0.3 is 0 Å². The molecule has 1 N–H and O–H groups in total. The Bertz CT molecular complexity index is 359. The number of aryl methyl sites for hydroxylation is 1. The van der Waals surface area contributed by atoms with Gasteiger partial charge in [0.2, 0.25) is 0 Å². The smallest absolute Gasteiger partial charge is 0.295 e. The number of halogens is 1. The molecule has 0 unspecified atom stereocenters. The predicted molar refractivity (Wildman–Crippen MR) is 111 cm³/mol. The minimum absolute atomic E-state index is 0.657. The molecule has 0 spiro atoms. The SMILES string of the molecule is CC.CCC(C)C.Cc1ccccc1.ISNC1=NCCO1. The zero-order valence-electron chi connectivity index (χ0n) is 14.7. The van der Waals surface area contributed by atoms with Crippen molar-refractivity contribution >= 4 is 36.3 Å². The molecule has 0 atom stereocenters. The van der Waals surface area contributed by atoms with Crippen molar-refractivity contribution in [2.75, 3.05) is 13.2 Å². The quantitative estimate of drug-likeness (QED) is 0.452. The van der Waals surface area contributed by atoms with Crippen molar-refractivity contribution in [1.29, 1.82) is 0 Å². The molecule has 1 aliphatic rings. The van der Waals surface area contributed by atoms with Crippen molar-refractivity contribution in [3.63, 3.8) is 0 Å². The first-order valence-electron chi connectivity index (χ1n) is 7.82. The van der Waals surface area contributed by atoms with Crippen molar-refractivity contribution in [1.82, 2.24) is 4.72 Å². The average Bonchev–Trinajstić information content (AvgIpc) is 3.05. The van der Waals surface area contributed by atoms with Gasteiger partial charge in [0.1, 0.15) is 6.61 Å². The Balaban J connectivity index is 0. The highest BCUT2D eigenvalue weighted by Gasteiger charge is 2.03. The lowest BCUT2D eigenvalue weighted by atomic mass is 10.2. The molecule has 5 heteroatoms. The molecule has 0 aromatic heterocycles. The largest absolute Gasteiger partial charge is 0.463 e. The number of rotatable bonds is 2. The summed E-state index contributed by atoms with van der Waals surface area (Å²) >= 11 is 2.12. The van der Waals surface area contributed by atoms with Crippen molar-refractivity contribution in [2.45, 2.75) is 48.0 Å². The summed E-state index contributed by atoms with van der Waals surface area (Å²) in [6.45, 7) is 14.2. The van der Waals surface area contributed by atoms with Gasteiger partial charge in [-0.15, -0.1) is 0 Å². The van der Waals surface area contributed by atoms with Crippen LogP contribution in [0.15, 0.2) is 35.3 Å². The van der Waals surface area contributed by atoms with Gasteiger partial charge in [-0.05, 0) is 12.8 Å². The van der Waals surface area contributed by atoms with Crippen LogP contribution in [-0.4, -0.2) is 19.2 Å². The van der Waals surface area contributed by atoms with Gasteiger partial charge < -0.3 is 4.74 Å². The summed E-state index contributed by atoms with van der Waals surface area (Å²) in [5, 5.41) is 0. The number of ether oxygens (including phenoxy) is 1. The maximum absolute atomic E-state index is 5.01. The van der Waals surface area contributed by atoms with Gasteiger partial charge in [-0.1, -0.05) is 76.9 Å². The number of amidine groups is 1. The molecule has 1 heterocycles. The van der Waals surface area contributed by atoms with Gasteiger partial charge in [0.25, 0.3) is 6.02 Å². The first-order valence-corrected chi connectivity index (χ1v) is 11.2. The first-order chi connectivity index (χ1) is 10.6. The Hall–Kier alpha value is -0.430. The summed E-state index contributed by atoms with van der Waals surface area (Å²) in [5.74, 6) is 0.884. The standard InChI is InChI=1S/C7H8.C5H12.C3H5IN2OS.C2H6/c1-7-5-3-2-4-6-7;1-4-5(2)3;4-8-6-3-5-1-2-7-3;1-2/h2-6H,1H3;5H,4H2,1-3H3;1-2H2,(H,5,6);1-2H3. The second-order valence-corrected chi connectivity index (χ2v) is 6.35. The minimum atomic E-state index is 0.657. The molecule has 3 nitrogen and oxygen atoms in total. The van der Waals surface area contributed by atoms with E-state index in [0.29, 0.717) is 6.02 Å². The summed E-state index contributed by atoms with van der Waals surface area (Å²) in [6, 6.07) is 10.9. The zero-order chi connectivity index (χ0) is 17.2. The monoisotopic (exact) mass is 438 g/mol. The highest BCUT2D eigenvalue weighted by molar-refractivity contribution is 14.2. The minimum Gasteiger partial charge on any atom is -0.463 e. The van der Waals surface area contributed by atoms with Gasteiger partial charge in [0.15, 0.2) is 0 Å². The van der Waals surface area contributed by atoms with Crippen LogP contribution in [0.2, 0.25) is 0 Å². The fourth-order valence-electron chi connectivity index (χ4n) is 0.964. The molecule has 2 rings (SSSR count). The van der Waals surface area contributed by atoms with E-state index in [0.717, 1.165) is 19.1 Å². The van der Waals surface area contributed by atoms with Crippen LogP contribution in [0, 0.1) is 12.8 Å². The van der Waals surface area contributed by atoms with Gasteiger partial charge in [0.05, 0.1) is 6.54 Å². The van der Waals surface area contributed by atoms with E-state index in [2.05, 4.69) is 70.7 Å². The Labute approximate surface area is 153 Å². The predicted octanol–water partition coefficient (Wildman–Crippen LogP) is 6.03. The van der Waals surface area contributed by atoms with Crippen LogP contribution in [0.3, 0.4) is 0 Å². The zero-order valence-corrected chi connectivity index (χ0v) is 17.7. The summed E-state index contributed by atoms with van der Waals surface area (Å²) < 4.78 is 7.88. The van der Waals surface area contributed by atoms with Crippen molar-refractivity contribution in [3.05, 3.63) is 35.9 Å². The van der Waals surface area contributed by atoms with Crippen LogP contribution in [0.1, 0.15) is 46.6 Å². The van der Waals surface area contributed by atoms with Crippen LogP contribution >= 0.6 is 30.3 Å². The first kappa shape index (κ1) is 23.8. The van der Waals surface area contributed by atoms with Crippen molar-refractivity contribution in [2.24, 2.45) is 10.9 Å². The summed E-state index contributed by atoms with van der Waals surface area (Å²) in [6.07, 6.45) is 1.31. The summed E-state index contributed by atoms with van der Waals surface area (Å²) in [7, 11) is 1.46. The van der Waals surface area contributed by atoms with Gasteiger partial charge in [-0.3, -0.25) is 4.72 Å². The third kappa shape index (κ3) is 17.6. The van der Waals surface area contributed by atoms with Crippen molar-refractivity contribution in [3.8, 4) is 0 Å². The van der Waals surface area contributed by atoms with Gasteiger partial charge in [-0.2, -0.15) is 0 Å². The Morgan fingerprint density at radius 1 is 1.27 bits per heavy atom. The average molecular weight is 438 g/mol.